The highest BCUT2D eigenvalue weighted by atomic mass is 16.5. The van der Waals surface area contributed by atoms with Crippen LogP contribution >= 0.6 is 0 Å². The number of benzene rings is 1. The SMILES string of the molecule is CCC(C)c1noc(-c2ccc(N)cc2C)n1. The molecule has 1 aromatic carbocycles. The average Bonchev–Trinajstić information content (AvgIpc) is 2.77. The second-order valence-corrected chi connectivity index (χ2v) is 4.34. The van der Waals surface area contributed by atoms with Gasteiger partial charge in [-0.25, -0.2) is 0 Å². The number of nitrogen functional groups attached to an aromatic ring is 1. The van der Waals surface area contributed by atoms with Crippen LogP contribution in [0.25, 0.3) is 11.5 Å². The van der Waals surface area contributed by atoms with E-state index >= 15 is 0 Å². The summed E-state index contributed by atoms with van der Waals surface area (Å²) in [5.41, 5.74) is 8.45. The van der Waals surface area contributed by atoms with E-state index in [4.69, 9.17) is 10.3 Å². The number of aryl methyl sites for hydroxylation is 1. The van der Waals surface area contributed by atoms with Gasteiger partial charge in [0.25, 0.3) is 5.89 Å². The predicted molar refractivity (Wildman–Crippen MR) is 67.6 cm³/mol. The molecule has 0 fully saturated rings. The lowest BCUT2D eigenvalue weighted by Crippen LogP contribution is -1.94. The van der Waals surface area contributed by atoms with E-state index in [9.17, 15) is 0 Å². The molecule has 4 nitrogen and oxygen atoms in total. The Morgan fingerprint density at radius 1 is 1.41 bits per heavy atom. The molecule has 0 saturated heterocycles. The summed E-state index contributed by atoms with van der Waals surface area (Å²) in [7, 11) is 0. The summed E-state index contributed by atoms with van der Waals surface area (Å²) in [6, 6.07) is 5.66. The van der Waals surface area contributed by atoms with Crippen LogP contribution < -0.4 is 5.73 Å². The van der Waals surface area contributed by atoms with Crippen LogP contribution in [0.3, 0.4) is 0 Å². The highest BCUT2D eigenvalue weighted by molar-refractivity contribution is 5.62. The summed E-state index contributed by atoms with van der Waals surface area (Å²) >= 11 is 0. The summed E-state index contributed by atoms with van der Waals surface area (Å²) in [6.07, 6.45) is 1.000. The lowest BCUT2D eigenvalue weighted by atomic mass is 10.1. The van der Waals surface area contributed by atoms with Crippen LogP contribution in [0.4, 0.5) is 5.69 Å². The van der Waals surface area contributed by atoms with Gasteiger partial charge in [-0.05, 0) is 37.1 Å². The van der Waals surface area contributed by atoms with Crippen LogP contribution in [0.2, 0.25) is 0 Å². The van der Waals surface area contributed by atoms with Crippen LogP contribution in [0.15, 0.2) is 22.7 Å². The molecule has 0 radical (unpaired) electrons. The minimum atomic E-state index is 0.321. The van der Waals surface area contributed by atoms with E-state index in [0.29, 0.717) is 11.8 Å². The smallest absolute Gasteiger partial charge is 0.258 e. The van der Waals surface area contributed by atoms with Crippen molar-refractivity contribution in [1.29, 1.82) is 0 Å². The number of hydrogen-bond acceptors (Lipinski definition) is 4. The summed E-state index contributed by atoms with van der Waals surface area (Å²) in [5, 5.41) is 4.01. The van der Waals surface area contributed by atoms with Crippen LogP contribution in [0.1, 0.15) is 37.6 Å². The second-order valence-electron chi connectivity index (χ2n) is 4.34. The van der Waals surface area contributed by atoms with Gasteiger partial charge in [-0.3, -0.25) is 0 Å². The van der Waals surface area contributed by atoms with Crippen molar-refractivity contribution in [3.63, 3.8) is 0 Å². The Balaban J connectivity index is 2.37. The van der Waals surface area contributed by atoms with E-state index < -0.39 is 0 Å². The Morgan fingerprint density at radius 3 is 2.82 bits per heavy atom. The third-order valence-electron chi connectivity index (χ3n) is 2.98. The standard InChI is InChI=1S/C13H17N3O/c1-4-8(2)12-15-13(17-16-12)11-6-5-10(14)7-9(11)3/h5-8H,4,14H2,1-3H3. The fourth-order valence-electron chi connectivity index (χ4n) is 1.65. The van der Waals surface area contributed by atoms with Gasteiger partial charge in [0.15, 0.2) is 5.82 Å². The molecule has 2 aromatic rings. The summed E-state index contributed by atoms with van der Waals surface area (Å²) in [6.45, 7) is 6.18. The zero-order valence-electron chi connectivity index (χ0n) is 10.4. The Morgan fingerprint density at radius 2 is 2.18 bits per heavy atom. The quantitative estimate of drug-likeness (QED) is 0.824. The van der Waals surface area contributed by atoms with Crippen molar-refractivity contribution < 1.29 is 4.52 Å². The van der Waals surface area contributed by atoms with E-state index in [1.807, 2.05) is 25.1 Å². The van der Waals surface area contributed by atoms with E-state index in [1.54, 1.807) is 0 Å². The molecule has 1 atom stereocenters. The second kappa shape index (κ2) is 4.57. The molecule has 4 heteroatoms. The first-order chi connectivity index (χ1) is 8.11. The van der Waals surface area contributed by atoms with E-state index in [0.717, 1.165) is 29.1 Å². The zero-order chi connectivity index (χ0) is 12.4. The van der Waals surface area contributed by atoms with Gasteiger partial charge in [-0.1, -0.05) is 19.0 Å². The normalized spacial score (nSPS) is 12.6. The molecule has 1 heterocycles. The molecule has 1 unspecified atom stereocenters. The van der Waals surface area contributed by atoms with Gasteiger partial charge < -0.3 is 10.3 Å². The number of anilines is 1. The van der Waals surface area contributed by atoms with Crippen molar-refractivity contribution >= 4 is 5.69 Å². The molecule has 2 rings (SSSR count). The van der Waals surface area contributed by atoms with Gasteiger partial charge >= 0.3 is 0 Å². The number of aromatic nitrogens is 2. The first-order valence-corrected chi connectivity index (χ1v) is 5.82. The molecular weight excluding hydrogens is 214 g/mol. The van der Waals surface area contributed by atoms with E-state index in [-0.39, 0.29) is 0 Å². The molecule has 0 spiro atoms. The molecule has 0 saturated carbocycles. The Hall–Kier alpha value is -1.84. The van der Waals surface area contributed by atoms with Gasteiger partial charge in [0.1, 0.15) is 0 Å². The van der Waals surface area contributed by atoms with Crippen LogP contribution in [0.5, 0.6) is 0 Å². The highest BCUT2D eigenvalue weighted by Gasteiger charge is 2.14. The van der Waals surface area contributed by atoms with Crippen LogP contribution in [-0.4, -0.2) is 10.1 Å². The highest BCUT2D eigenvalue weighted by Crippen LogP contribution is 2.25. The predicted octanol–water partition coefficient (Wildman–Crippen LogP) is 3.14. The Labute approximate surface area is 101 Å². The maximum absolute atomic E-state index is 5.71. The van der Waals surface area contributed by atoms with Crippen molar-refractivity contribution in [2.24, 2.45) is 0 Å². The first kappa shape index (κ1) is 11.6. The number of nitrogens with two attached hydrogens (primary N) is 1. The number of rotatable bonds is 3. The summed E-state index contributed by atoms with van der Waals surface area (Å²) < 4.78 is 5.29. The van der Waals surface area contributed by atoms with Gasteiger partial charge in [0.2, 0.25) is 0 Å². The van der Waals surface area contributed by atoms with E-state index in [1.165, 1.54) is 0 Å². The summed E-state index contributed by atoms with van der Waals surface area (Å²) in [5.74, 6) is 1.65. The van der Waals surface area contributed by atoms with E-state index in [2.05, 4.69) is 24.0 Å². The molecule has 0 amide bonds. The fourth-order valence-corrected chi connectivity index (χ4v) is 1.65. The molecule has 0 bridgehead atoms. The van der Waals surface area contributed by atoms with Crippen molar-refractivity contribution in [3.8, 4) is 11.5 Å². The maximum atomic E-state index is 5.71. The molecule has 0 aliphatic rings. The van der Waals surface area contributed by atoms with Crippen LogP contribution in [-0.2, 0) is 0 Å². The van der Waals surface area contributed by atoms with Crippen molar-refractivity contribution in [2.45, 2.75) is 33.1 Å². The average molecular weight is 231 g/mol. The Kier molecular flexibility index (Phi) is 3.13. The van der Waals surface area contributed by atoms with Gasteiger partial charge in [0, 0.05) is 17.2 Å². The number of nitrogens with zero attached hydrogens (tertiary/aromatic N) is 2. The molecule has 0 aliphatic heterocycles. The van der Waals surface area contributed by atoms with Crippen LogP contribution in [0, 0.1) is 6.92 Å². The first-order valence-electron chi connectivity index (χ1n) is 5.82. The molecular formula is C13H17N3O. The monoisotopic (exact) mass is 231 g/mol. The van der Waals surface area contributed by atoms with Crippen molar-refractivity contribution in [3.05, 3.63) is 29.6 Å². The van der Waals surface area contributed by atoms with Crippen molar-refractivity contribution in [1.82, 2.24) is 10.1 Å². The molecule has 17 heavy (non-hydrogen) atoms. The van der Waals surface area contributed by atoms with Gasteiger partial charge in [-0.15, -0.1) is 0 Å². The fraction of sp³-hybridized carbons (Fsp3) is 0.385. The minimum Gasteiger partial charge on any atom is -0.399 e. The molecule has 1 aromatic heterocycles. The topological polar surface area (TPSA) is 64.9 Å². The Bertz CT molecular complexity index is 519. The maximum Gasteiger partial charge on any atom is 0.258 e. The minimum absolute atomic E-state index is 0.321. The number of hydrogen-bond donors (Lipinski definition) is 1. The third kappa shape index (κ3) is 2.30. The third-order valence-corrected chi connectivity index (χ3v) is 2.98. The lowest BCUT2D eigenvalue weighted by Gasteiger charge is -2.01. The zero-order valence-corrected chi connectivity index (χ0v) is 10.4. The van der Waals surface area contributed by atoms with Crippen molar-refractivity contribution in [2.75, 3.05) is 5.73 Å². The van der Waals surface area contributed by atoms with Gasteiger partial charge in [-0.2, -0.15) is 4.98 Å². The summed E-state index contributed by atoms with van der Waals surface area (Å²) in [4.78, 5) is 4.42. The lowest BCUT2D eigenvalue weighted by molar-refractivity contribution is 0.416. The molecule has 90 valence electrons. The van der Waals surface area contributed by atoms with Gasteiger partial charge in [0.05, 0.1) is 0 Å². The molecule has 0 aliphatic carbocycles. The largest absolute Gasteiger partial charge is 0.399 e. The molecule has 2 N–H and O–H groups in total.